The molecule has 1 rings (SSSR count). The minimum Gasteiger partial charge on any atom is -0.822 e. The summed E-state index contributed by atoms with van der Waals surface area (Å²) in [7, 11) is 0.958. The molecule has 2 N–H and O–H groups in total. The molecule has 0 aliphatic carbocycles. The number of unbranched alkanes of at least 4 members (excludes halogenated alkanes) is 39. The van der Waals surface area contributed by atoms with Crippen LogP contribution in [-0.4, -0.2) is 28.7 Å². The second-order valence-corrected chi connectivity index (χ2v) is 21.3. The Balaban J connectivity index is -0.000000370. The summed E-state index contributed by atoms with van der Waals surface area (Å²) in [5.41, 5.74) is 0. The van der Waals surface area contributed by atoms with Crippen LogP contribution in [0.4, 0.5) is 0 Å². The Morgan fingerprint density at radius 3 is 0.531 bits per heavy atom. The van der Waals surface area contributed by atoms with Gasteiger partial charge in [-0.2, -0.15) is 7.82 Å². The molecule has 0 fully saturated rings. The number of rotatable bonds is 42. The lowest BCUT2D eigenvalue weighted by Crippen LogP contribution is -2.24. The fraction of sp³-hybridized carbons (Fsp3) is 0.889. The van der Waals surface area contributed by atoms with Crippen molar-refractivity contribution in [1.82, 2.24) is 0 Å². The highest BCUT2D eigenvalue weighted by Crippen LogP contribution is 2.17. The summed E-state index contributed by atoms with van der Waals surface area (Å²) in [4.78, 5) is 25.6. The second kappa shape index (κ2) is 65.3. The minimum absolute atomic E-state index is 0.169. The van der Waals surface area contributed by atoms with Crippen molar-refractivity contribution < 1.29 is 29.5 Å². The molecule has 0 aromatic heterocycles. The van der Waals surface area contributed by atoms with Gasteiger partial charge in [-0.25, -0.2) is 0 Å². The van der Waals surface area contributed by atoms with Gasteiger partial charge in [0, 0.05) is 0 Å². The van der Waals surface area contributed by atoms with E-state index in [1.165, 1.54) is 312 Å². The monoisotopic (exact) mass is 983 g/mol. The molecule has 0 saturated carbocycles. The molecule has 0 aliphatic rings. The number of aromatic hydroxyl groups is 2. The van der Waals surface area contributed by atoms with Crippen molar-refractivity contribution in [1.29, 1.82) is 0 Å². The molecule has 3 atom stereocenters. The first-order chi connectivity index (χ1) is 31.0. The molecule has 3 unspecified atom stereocenters. The molecule has 0 spiro atoms. The first kappa shape index (κ1) is 70.8. The van der Waals surface area contributed by atoms with E-state index in [2.05, 4.69) is 48.5 Å². The molecule has 1 aromatic rings. The van der Waals surface area contributed by atoms with E-state index in [-0.39, 0.29) is 11.5 Å². The minimum atomic E-state index is -5.39. The van der Waals surface area contributed by atoms with Gasteiger partial charge in [0.2, 0.25) is 0 Å². The highest BCUT2D eigenvalue weighted by atomic mass is 31.2. The Hall–Kier alpha value is 0.220. The summed E-state index contributed by atoms with van der Waals surface area (Å²) in [5.74, 6) is 0.339. The van der Waals surface area contributed by atoms with Crippen molar-refractivity contribution in [3.63, 3.8) is 0 Å². The molecule has 0 bridgehead atoms. The molecule has 6 nitrogen and oxygen atoms in total. The fourth-order valence-electron chi connectivity index (χ4n) is 7.57. The molecule has 1 aromatic carbocycles. The zero-order chi connectivity index (χ0) is 48.3. The standard InChI is InChI=1S/3C16H35P.C6H6O2.H3O4P/c3*1-2-3-4-5-6-7-8-9-10-11-12-13-14-15-16-17;7-5-1-2-6(8)4-3-5;1-5(2,3)4/h3*2-17H2,1H3;1-4,7-8H;(H3,1,2,3,4). The number of phosphoric acid groups is 1. The van der Waals surface area contributed by atoms with Crippen LogP contribution in [0.5, 0.6) is 11.5 Å². The third-order valence-corrected chi connectivity index (χ3v) is 13.2. The van der Waals surface area contributed by atoms with E-state index in [0.717, 1.165) is 0 Å². The molecule has 0 radical (unpaired) electrons. The Morgan fingerprint density at radius 1 is 0.312 bits per heavy atom. The first-order valence-electron chi connectivity index (χ1n) is 27.6. The molecule has 0 aliphatic heterocycles. The van der Waals surface area contributed by atoms with Gasteiger partial charge in [0.05, 0.1) is 18.5 Å². The molecule has 386 valence electrons. The molecule has 64 heavy (non-hydrogen) atoms. The van der Waals surface area contributed by atoms with Gasteiger partial charge in [0.15, 0.2) is 0 Å². The van der Waals surface area contributed by atoms with Crippen LogP contribution in [0.25, 0.3) is 0 Å². The van der Waals surface area contributed by atoms with Crippen LogP contribution in [-0.2, 0) is 4.57 Å². The molecule has 0 saturated heterocycles. The van der Waals surface area contributed by atoms with Crippen molar-refractivity contribution in [2.24, 2.45) is 0 Å². The van der Waals surface area contributed by atoms with Crippen LogP contribution in [0.1, 0.15) is 290 Å². The summed E-state index contributed by atoms with van der Waals surface area (Å²) < 4.78 is 8.55. The maximum Gasteiger partial charge on any atom is 0.115 e. The van der Waals surface area contributed by atoms with Gasteiger partial charge in [-0.15, -0.1) is 0 Å². The summed E-state index contributed by atoms with van der Waals surface area (Å²) >= 11 is 0. The van der Waals surface area contributed by atoms with Crippen LogP contribution in [0.3, 0.4) is 0 Å². The molecule has 0 heterocycles. The molecule has 0 amide bonds. The summed E-state index contributed by atoms with van der Waals surface area (Å²) in [6, 6.07) is 5.70. The van der Waals surface area contributed by atoms with Gasteiger partial charge >= 0.3 is 0 Å². The van der Waals surface area contributed by atoms with Gasteiger partial charge in [-0.05, 0) is 90.5 Å². The van der Waals surface area contributed by atoms with E-state index in [1.54, 1.807) is 0 Å². The lowest BCUT2D eigenvalue weighted by Gasteiger charge is -2.36. The van der Waals surface area contributed by atoms with Gasteiger partial charge < -0.3 is 29.5 Å². The van der Waals surface area contributed by atoms with E-state index in [0.29, 0.717) is 0 Å². The summed E-state index contributed by atoms with van der Waals surface area (Å²) in [6.07, 6.45) is 65.9. The number of phenols is 2. The lowest BCUT2D eigenvalue weighted by molar-refractivity contribution is -0.432. The maximum atomic E-state index is 8.65. The SMILES string of the molecule is CCCCCCCCCCCCCCCC[PH3+].CCCCCCCCCCCCCCCC[PH3+].CCCCCCCCCCCCCCCC[PH3+].O=P([O-])([O-])[O-].Oc1ccc(O)cc1. The third-order valence-electron chi connectivity index (χ3n) is 11.7. The highest BCUT2D eigenvalue weighted by Gasteiger charge is 1.96. The van der Waals surface area contributed by atoms with Crippen molar-refractivity contribution in [3.8, 4) is 11.5 Å². The normalized spacial score (nSPS) is 10.9. The van der Waals surface area contributed by atoms with Crippen molar-refractivity contribution in [2.75, 3.05) is 18.5 Å². The van der Waals surface area contributed by atoms with Crippen molar-refractivity contribution >= 4 is 35.5 Å². The van der Waals surface area contributed by atoms with Crippen LogP contribution in [0.2, 0.25) is 0 Å². The number of hydrogen-bond acceptors (Lipinski definition) is 6. The van der Waals surface area contributed by atoms with Gasteiger partial charge in [0.25, 0.3) is 0 Å². The molecular weight excluding hydrogens is 868 g/mol. The van der Waals surface area contributed by atoms with Gasteiger partial charge in [0.1, 0.15) is 11.5 Å². The van der Waals surface area contributed by atoms with Crippen molar-refractivity contribution in [2.45, 2.75) is 290 Å². The second-order valence-electron chi connectivity index (χ2n) is 18.3. The van der Waals surface area contributed by atoms with E-state index < -0.39 is 7.82 Å². The highest BCUT2D eigenvalue weighted by molar-refractivity contribution is 7.40. The van der Waals surface area contributed by atoms with Gasteiger partial charge in [-0.1, -0.05) is 252 Å². The zero-order valence-electron chi connectivity index (χ0n) is 43.2. The topological polar surface area (TPSA) is 127 Å². The van der Waals surface area contributed by atoms with Crippen LogP contribution >= 0.6 is 35.5 Å². The quantitative estimate of drug-likeness (QED) is 0.0382. The Morgan fingerprint density at radius 2 is 0.422 bits per heavy atom. The first-order valence-corrected chi connectivity index (χ1v) is 32.1. The van der Waals surface area contributed by atoms with Crippen LogP contribution < -0.4 is 14.7 Å². The Labute approximate surface area is 407 Å². The Kier molecular flexibility index (Phi) is 72.2. The summed E-state index contributed by atoms with van der Waals surface area (Å²) in [5, 5.41) is 17.3. The van der Waals surface area contributed by atoms with Crippen LogP contribution in [0.15, 0.2) is 24.3 Å². The third kappa shape index (κ3) is 85.5. The van der Waals surface area contributed by atoms with E-state index >= 15 is 0 Å². The van der Waals surface area contributed by atoms with E-state index in [4.69, 9.17) is 29.5 Å². The average molecular weight is 983 g/mol. The predicted octanol–water partition coefficient (Wildman–Crippen LogP) is 16.5. The largest absolute Gasteiger partial charge is 0.822 e. The number of phenolic OH excluding ortho intramolecular Hbond substituents is 2. The number of hydrogen-bond donors (Lipinski definition) is 2. The van der Waals surface area contributed by atoms with Crippen molar-refractivity contribution in [3.05, 3.63) is 24.3 Å². The number of benzene rings is 1. The zero-order valence-corrected chi connectivity index (χ0v) is 48.4. The maximum absolute atomic E-state index is 8.65. The lowest BCUT2D eigenvalue weighted by atomic mass is 10.0. The molecular formula is C54H114O6P4. The smallest absolute Gasteiger partial charge is 0.115 e. The summed E-state index contributed by atoms with van der Waals surface area (Å²) in [6.45, 7) is 6.88. The fourth-order valence-corrected chi connectivity index (χ4v) is 8.63. The van der Waals surface area contributed by atoms with Gasteiger partial charge in [-0.3, -0.25) is 0 Å². The van der Waals surface area contributed by atoms with Crippen LogP contribution in [0, 0.1) is 0 Å². The van der Waals surface area contributed by atoms with E-state index in [9.17, 15) is 0 Å². The predicted molar refractivity (Wildman–Crippen MR) is 296 cm³/mol. The van der Waals surface area contributed by atoms with E-state index in [1.807, 2.05) is 0 Å². The molecule has 10 heteroatoms. The Bertz CT molecular complexity index is 823. The average Bonchev–Trinajstić information content (AvgIpc) is 3.27.